The van der Waals surface area contributed by atoms with Gasteiger partial charge in [0, 0.05) is 17.8 Å². The third-order valence-electron chi connectivity index (χ3n) is 3.72. The van der Waals surface area contributed by atoms with Gasteiger partial charge in [-0.15, -0.1) is 0 Å². The number of rotatable bonds is 2. The molecule has 3 heteroatoms. The molecule has 0 saturated heterocycles. The first-order chi connectivity index (χ1) is 9.20. The number of hydrogen-bond donors (Lipinski definition) is 0. The van der Waals surface area contributed by atoms with Crippen LogP contribution in [0.5, 0.6) is 0 Å². The van der Waals surface area contributed by atoms with Crippen LogP contribution >= 0.6 is 0 Å². The van der Waals surface area contributed by atoms with E-state index in [1.165, 1.54) is 0 Å². The van der Waals surface area contributed by atoms with Crippen LogP contribution in [0.25, 0.3) is 0 Å². The molecule has 0 spiro atoms. The largest absolute Gasteiger partial charge is 0.341 e. The quantitative estimate of drug-likeness (QED) is 0.769. The summed E-state index contributed by atoms with van der Waals surface area (Å²) < 4.78 is 1.98. The standard InChI is InChI=1S/C16H14N2O/c1-11-2-4-12(5-3-11)16(19)15-7-6-14-13(10-17)8-9-18(14)15/h2-7,13H,8-9H2,1H3. The van der Waals surface area contributed by atoms with Gasteiger partial charge in [-0.25, -0.2) is 0 Å². The van der Waals surface area contributed by atoms with E-state index in [4.69, 9.17) is 5.26 Å². The summed E-state index contributed by atoms with van der Waals surface area (Å²) in [4.78, 5) is 12.5. The molecule has 1 aliphatic rings. The van der Waals surface area contributed by atoms with Crippen molar-refractivity contribution in [2.45, 2.75) is 25.8 Å². The Balaban J connectivity index is 1.98. The average molecular weight is 250 g/mol. The minimum atomic E-state index is -0.0698. The van der Waals surface area contributed by atoms with Crippen molar-refractivity contribution in [3.63, 3.8) is 0 Å². The number of nitrogens with zero attached hydrogens (tertiary/aromatic N) is 2. The number of aromatic nitrogens is 1. The van der Waals surface area contributed by atoms with Crippen molar-refractivity contribution in [1.29, 1.82) is 5.26 Å². The molecule has 1 aliphatic heterocycles. The molecular weight excluding hydrogens is 236 g/mol. The summed E-state index contributed by atoms with van der Waals surface area (Å²) in [5.41, 5.74) is 3.50. The van der Waals surface area contributed by atoms with E-state index in [1.807, 2.05) is 47.9 Å². The normalized spacial score (nSPS) is 16.9. The van der Waals surface area contributed by atoms with Crippen LogP contribution in [-0.2, 0) is 6.54 Å². The molecule has 1 aromatic carbocycles. The molecule has 19 heavy (non-hydrogen) atoms. The van der Waals surface area contributed by atoms with Gasteiger partial charge >= 0.3 is 0 Å². The summed E-state index contributed by atoms with van der Waals surface area (Å²) >= 11 is 0. The molecule has 1 unspecified atom stereocenters. The molecule has 1 aromatic heterocycles. The number of carbonyl (C=O) groups is 1. The molecule has 0 aliphatic carbocycles. The Morgan fingerprint density at radius 1 is 1.26 bits per heavy atom. The zero-order valence-corrected chi connectivity index (χ0v) is 10.8. The monoisotopic (exact) mass is 250 g/mol. The fourth-order valence-electron chi connectivity index (χ4n) is 2.63. The number of carbonyl (C=O) groups excluding carboxylic acids is 1. The topological polar surface area (TPSA) is 45.8 Å². The average Bonchev–Trinajstić information content (AvgIpc) is 2.99. The van der Waals surface area contributed by atoms with E-state index in [1.54, 1.807) is 0 Å². The van der Waals surface area contributed by atoms with Gasteiger partial charge in [0.15, 0.2) is 0 Å². The first-order valence-corrected chi connectivity index (χ1v) is 6.41. The van der Waals surface area contributed by atoms with Crippen molar-refractivity contribution in [2.75, 3.05) is 0 Å². The highest BCUT2D eigenvalue weighted by Crippen LogP contribution is 2.30. The molecule has 1 atom stereocenters. The second kappa shape index (κ2) is 4.40. The van der Waals surface area contributed by atoms with Gasteiger partial charge in [-0.05, 0) is 25.5 Å². The molecule has 0 radical (unpaired) electrons. The molecule has 3 rings (SSSR count). The van der Waals surface area contributed by atoms with E-state index in [2.05, 4.69) is 6.07 Å². The number of aryl methyl sites for hydroxylation is 1. The zero-order chi connectivity index (χ0) is 13.4. The second-order valence-electron chi connectivity index (χ2n) is 4.96. The highest BCUT2D eigenvalue weighted by atomic mass is 16.1. The number of fused-ring (bicyclic) bond motifs is 1. The third kappa shape index (κ3) is 1.86. The number of hydrogen-bond acceptors (Lipinski definition) is 2. The SMILES string of the molecule is Cc1ccc(C(=O)c2ccc3n2CCC3C#N)cc1. The lowest BCUT2D eigenvalue weighted by atomic mass is 10.1. The predicted molar refractivity (Wildman–Crippen MR) is 72.0 cm³/mol. The fourth-order valence-corrected chi connectivity index (χ4v) is 2.63. The molecule has 0 saturated carbocycles. The number of ketones is 1. The Hall–Kier alpha value is -2.34. The van der Waals surface area contributed by atoms with Crippen LogP contribution in [0.1, 0.15) is 39.6 Å². The van der Waals surface area contributed by atoms with Crippen LogP contribution in [0.4, 0.5) is 0 Å². The summed E-state index contributed by atoms with van der Waals surface area (Å²) in [6, 6.07) is 13.6. The van der Waals surface area contributed by atoms with E-state index in [-0.39, 0.29) is 11.7 Å². The smallest absolute Gasteiger partial charge is 0.209 e. The van der Waals surface area contributed by atoms with E-state index in [0.29, 0.717) is 11.3 Å². The Kier molecular flexibility index (Phi) is 2.72. The Labute approximate surface area is 112 Å². The van der Waals surface area contributed by atoms with Crippen molar-refractivity contribution in [2.24, 2.45) is 0 Å². The zero-order valence-electron chi connectivity index (χ0n) is 10.8. The molecule has 0 amide bonds. The van der Waals surface area contributed by atoms with Crippen molar-refractivity contribution in [1.82, 2.24) is 4.57 Å². The van der Waals surface area contributed by atoms with Gasteiger partial charge in [-0.3, -0.25) is 4.79 Å². The summed E-state index contributed by atoms with van der Waals surface area (Å²) in [6.07, 6.45) is 0.806. The maximum absolute atomic E-state index is 12.5. The molecule has 2 aromatic rings. The van der Waals surface area contributed by atoms with Gasteiger partial charge in [-0.2, -0.15) is 5.26 Å². The first-order valence-electron chi connectivity index (χ1n) is 6.41. The predicted octanol–water partition coefficient (Wildman–Crippen LogP) is 3.04. The van der Waals surface area contributed by atoms with Gasteiger partial charge in [-0.1, -0.05) is 29.8 Å². The van der Waals surface area contributed by atoms with Crippen molar-refractivity contribution in [3.05, 3.63) is 58.9 Å². The molecule has 0 fully saturated rings. The lowest BCUT2D eigenvalue weighted by Crippen LogP contribution is -2.08. The molecule has 0 bridgehead atoms. The molecule has 0 N–H and O–H groups in total. The van der Waals surface area contributed by atoms with Gasteiger partial charge in [0.25, 0.3) is 0 Å². The van der Waals surface area contributed by atoms with Crippen LogP contribution in [0, 0.1) is 18.3 Å². The summed E-state index contributed by atoms with van der Waals surface area (Å²) in [6.45, 7) is 2.76. The van der Waals surface area contributed by atoms with E-state index in [9.17, 15) is 4.79 Å². The summed E-state index contributed by atoms with van der Waals surface area (Å²) in [5.74, 6) is -0.0376. The van der Waals surface area contributed by atoms with Crippen molar-refractivity contribution < 1.29 is 4.79 Å². The Morgan fingerprint density at radius 2 is 2.00 bits per heavy atom. The van der Waals surface area contributed by atoms with E-state index >= 15 is 0 Å². The van der Waals surface area contributed by atoms with Crippen LogP contribution < -0.4 is 0 Å². The molecular formula is C16H14N2O. The summed E-state index contributed by atoms with van der Waals surface area (Å²) in [5, 5.41) is 9.06. The molecule has 2 heterocycles. The van der Waals surface area contributed by atoms with Crippen LogP contribution in [0.2, 0.25) is 0 Å². The Morgan fingerprint density at radius 3 is 2.68 bits per heavy atom. The maximum Gasteiger partial charge on any atom is 0.209 e. The molecule has 94 valence electrons. The first kappa shape index (κ1) is 11.7. The van der Waals surface area contributed by atoms with Gasteiger partial charge < -0.3 is 4.57 Å². The lowest BCUT2D eigenvalue weighted by molar-refractivity contribution is 0.103. The number of benzene rings is 1. The minimum absolute atomic E-state index is 0.0323. The van der Waals surface area contributed by atoms with E-state index < -0.39 is 0 Å². The Bertz CT molecular complexity index is 674. The lowest BCUT2D eigenvalue weighted by Gasteiger charge is -2.05. The van der Waals surface area contributed by atoms with Crippen molar-refractivity contribution in [3.8, 4) is 6.07 Å². The van der Waals surface area contributed by atoms with Gasteiger partial charge in [0.1, 0.15) is 0 Å². The third-order valence-corrected chi connectivity index (χ3v) is 3.72. The maximum atomic E-state index is 12.5. The second-order valence-corrected chi connectivity index (χ2v) is 4.96. The van der Waals surface area contributed by atoms with Crippen molar-refractivity contribution >= 4 is 5.78 Å². The molecule has 3 nitrogen and oxygen atoms in total. The van der Waals surface area contributed by atoms with Crippen LogP contribution in [-0.4, -0.2) is 10.4 Å². The van der Waals surface area contributed by atoms with Crippen LogP contribution in [0.3, 0.4) is 0 Å². The van der Waals surface area contributed by atoms with E-state index in [0.717, 1.165) is 24.2 Å². The van der Waals surface area contributed by atoms with Gasteiger partial charge in [0.05, 0.1) is 17.7 Å². The number of nitriles is 1. The van der Waals surface area contributed by atoms with Crippen LogP contribution in [0.15, 0.2) is 36.4 Å². The minimum Gasteiger partial charge on any atom is -0.341 e. The van der Waals surface area contributed by atoms with Gasteiger partial charge in [0.2, 0.25) is 5.78 Å². The fraction of sp³-hybridized carbons (Fsp3) is 0.250. The highest BCUT2D eigenvalue weighted by molar-refractivity contribution is 6.08. The summed E-state index contributed by atoms with van der Waals surface area (Å²) in [7, 11) is 0. The highest BCUT2D eigenvalue weighted by Gasteiger charge is 2.26.